The molecule has 2 N–H and O–H groups in total. The van der Waals surface area contributed by atoms with Crippen molar-refractivity contribution in [3.63, 3.8) is 0 Å². The van der Waals surface area contributed by atoms with E-state index in [0.717, 1.165) is 22.2 Å². The first kappa shape index (κ1) is 17.9. The van der Waals surface area contributed by atoms with Gasteiger partial charge in [-0.15, -0.1) is 10.2 Å². The van der Waals surface area contributed by atoms with Crippen LogP contribution in [0, 0.1) is 0 Å². The van der Waals surface area contributed by atoms with Crippen LogP contribution in [0.2, 0.25) is 5.02 Å². The summed E-state index contributed by atoms with van der Waals surface area (Å²) in [6, 6.07) is 20.4. The predicted octanol–water partition coefficient (Wildman–Crippen LogP) is 4.35. The Labute approximate surface area is 166 Å². The quantitative estimate of drug-likeness (QED) is 0.530. The second-order valence-electron chi connectivity index (χ2n) is 6.08. The Balaban J connectivity index is 1.45. The van der Waals surface area contributed by atoms with Crippen molar-refractivity contribution in [1.29, 1.82) is 0 Å². The third-order valence-corrected chi connectivity index (χ3v) is 4.56. The number of fused-ring (bicyclic) bond motifs is 1. The van der Waals surface area contributed by atoms with E-state index in [2.05, 4.69) is 25.8 Å². The zero-order valence-corrected chi connectivity index (χ0v) is 15.5. The first-order valence-corrected chi connectivity index (χ1v) is 9.04. The summed E-state index contributed by atoms with van der Waals surface area (Å²) in [6.45, 7) is 0.321. The number of pyridine rings is 1. The van der Waals surface area contributed by atoms with Gasteiger partial charge < -0.3 is 10.6 Å². The number of anilines is 2. The number of nitrogens with zero attached hydrogens (tertiary/aromatic N) is 3. The molecule has 0 spiro atoms. The molecule has 0 aliphatic carbocycles. The summed E-state index contributed by atoms with van der Waals surface area (Å²) in [5, 5.41) is 15.7. The molecule has 7 heteroatoms. The van der Waals surface area contributed by atoms with Gasteiger partial charge in [0.15, 0.2) is 11.5 Å². The lowest BCUT2D eigenvalue weighted by molar-refractivity contribution is 0.0945. The molecule has 0 saturated heterocycles. The minimum atomic E-state index is -0.314. The van der Waals surface area contributed by atoms with Crippen LogP contribution < -0.4 is 10.6 Å². The number of carbonyl (C=O) groups is 1. The topological polar surface area (TPSA) is 79.8 Å². The van der Waals surface area contributed by atoms with Crippen molar-refractivity contribution in [3.05, 3.63) is 89.2 Å². The Bertz CT molecular complexity index is 1130. The van der Waals surface area contributed by atoms with Gasteiger partial charge in [0.05, 0.1) is 11.2 Å². The number of hydrogen-bond donors (Lipinski definition) is 2. The fourth-order valence-electron chi connectivity index (χ4n) is 2.77. The van der Waals surface area contributed by atoms with Gasteiger partial charge in [-0.1, -0.05) is 48.0 Å². The van der Waals surface area contributed by atoms with Gasteiger partial charge in [0.2, 0.25) is 0 Å². The van der Waals surface area contributed by atoms with Crippen molar-refractivity contribution >= 4 is 39.9 Å². The Kier molecular flexibility index (Phi) is 5.12. The van der Waals surface area contributed by atoms with Gasteiger partial charge in [-0.25, -0.2) is 0 Å². The Hall–Kier alpha value is -3.51. The molecule has 6 nitrogen and oxygen atoms in total. The van der Waals surface area contributed by atoms with E-state index in [0.29, 0.717) is 17.4 Å². The number of aromatic nitrogens is 3. The summed E-state index contributed by atoms with van der Waals surface area (Å²) in [6.07, 6.45) is 1.74. The molecule has 138 valence electrons. The van der Waals surface area contributed by atoms with Crippen molar-refractivity contribution in [3.8, 4) is 0 Å². The van der Waals surface area contributed by atoms with Gasteiger partial charge in [0.25, 0.3) is 5.91 Å². The van der Waals surface area contributed by atoms with Crippen LogP contribution in [0.3, 0.4) is 0 Å². The first-order chi connectivity index (χ1) is 13.7. The number of nitrogens with one attached hydrogen (secondary N) is 2. The average Bonchev–Trinajstić information content (AvgIpc) is 2.74. The number of rotatable bonds is 5. The Morgan fingerprint density at radius 2 is 1.79 bits per heavy atom. The maximum Gasteiger partial charge on any atom is 0.272 e. The standard InChI is InChI=1S/C21H16ClN5O/c22-16-8-2-1-5-15(16)13-24-21(28)18-10-11-19(27-26-18)25-17-9-3-6-14-7-4-12-23-20(14)17/h1-12H,13H2,(H,24,28)(H,25,27). The Morgan fingerprint density at radius 1 is 0.929 bits per heavy atom. The van der Waals surface area contributed by atoms with E-state index in [4.69, 9.17) is 11.6 Å². The Morgan fingerprint density at radius 3 is 2.61 bits per heavy atom. The van der Waals surface area contributed by atoms with Gasteiger partial charge in [0.1, 0.15) is 0 Å². The van der Waals surface area contributed by atoms with Crippen molar-refractivity contribution in [2.75, 3.05) is 5.32 Å². The molecule has 2 aromatic carbocycles. The zero-order valence-electron chi connectivity index (χ0n) is 14.8. The normalized spacial score (nSPS) is 10.6. The molecule has 4 rings (SSSR count). The van der Waals surface area contributed by atoms with E-state index in [1.807, 2.05) is 48.5 Å². The van der Waals surface area contributed by atoms with Crippen LogP contribution >= 0.6 is 11.6 Å². The fraction of sp³-hybridized carbons (Fsp3) is 0.0476. The molecule has 0 saturated carbocycles. The molecule has 28 heavy (non-hydrogen) atoms. The highest BCUT2D eigenvalue weighted by Crippen LogP contribution is 2.23. The van der Waals surface area contributed by atoms with Crippen molar-refractivity contribution < 1.29 is 4.79 Å². The average molecular weight is 390 g/mol. The molecule has 0 bridgehead atoms. The third kappa shape index (κ3) is 3.92. The molecular formula is C21H16ClN5O. The zero-order chi connectivity index (χ0) is 19.3. The first-order valence-electron chi connectivity index (χ1n) is 8.67. The molecular weight excluding hydrogens is 374 g/mol. The predicted molar refractivity (Wildman–Crippen MR) is 110 cm³/mol. The maximum absolute atomic E-state index is 12.3. The number of halogens is 1. The molecule has 2 aromatic heterocycles. The smallest absolute Gasteiger partial charge is 0.272 e. The van der Waals surface area contributed by atoms with Crippen LogP contribution in [0.15, 0.2) is 72.9 Å². The second kappa shape index (κ2) is 8.02. The minimum absolute atomic E-state index is 0.230. The lowest BCUT2D eigenvalue weighted by Crippen LogP contribution is -2.24. The van der Waals surface area contributed by atoms with Crippen LogP contribution in [0.4, 0.5) is 11.5 Å². The molecule has 0 aliphatic heterocycles. The number of amides is 1. The van der Waals surface area contributed by atoms with Crippen LogP contribution in [0.25, 0.3) is 10.9 Å². The molecule has 0 fully saturated rings. The van der Waals surface area contributed by atoms with Gasteiger partial charge in [-0.2, -0.15) is 0 Å². The fourth-order valence-corrected chi connectivity index (χ4v) is 2.97. The molecule has 0 unspecified atom stereocenters. The maximum atomic E-state index is 12.3. The molecule has 2 heterocycles. The second-order valence-corrected chi connectivity index (χ2v) is 6.49. The highest BCUT2D eigenvalue weighted by Gasteiger charge is 2.10. The van der Waals surface area contributed by atoms with E-state index in [-0.39, 0.29) is 11.6 Å². The van der Waals surface area contributed by atoms with E-state index in [1.54, 1.807) is 24.4 Å². The highest BCUT2D eigenvalue weighted by molar-refractivity contribution is 6.31. The van der Waals surface area contributed by atoms with E-state index in [9.17, 15) is 4.79 Å². The van der Waals surface area contributed by atoms with E-state index < -0.39 is 0 Å². The lowest BCUT2D eigenvalue weighted by atomic mass is 10.2. The molecule has 0 radical (unpaired) electrons. The molecule has 0 aliphatic rings. The number of carbonyl (C=O) groups excluding carboxylic acids is 1. The van der Waals surface area contributed by atoms with Crippen molar-refractivity contribution in [2.24, 2.45) is 0 Å². The SMILES string of the molecule is O=C(NCc1ccccc1Cl)c1ccc(Nc2cccc3cccnc23)nn1. The number of benzene rings is 2. The lowest BCUT2D eigenvalue weighted by Gasteiger charge is -2.09. The summed E-state index contributed by atoms with van der Waals surface area (Å²) >= 11 is 6.10. The molecule has 4 aromatic rings. The number of hydrogen-bond acceptors (Lipinski definition) is 5. The van der Waals surface area contributed by atoms with Crippen LogP contribution in [0.1, 0.15) is 16.1 Å². The van der Waals surface area contributed by atoms with Crippen molar-refractivity contribution in [2.45, 2.75) is 6.54 Å². The molecule has 0 atom stereocenters. The monoisotopic (exact) mass is 389 g/mol. The summed E-state index contributed by atoms with van der Waals surface area (Å²) in [7, 11) is 0. The number of para-hydroxylation sites is 1. The summed E-state index contributed by atoms with van der Waals surface area (Å²) in [5.74, 6) is 0.214. The van der Waals surface area contributed by atoms with Crippen LogP contribution in [0.5, 0.6) is 0 Å². The highest BCUT2D eigenvalue weighted by atomic mass is 35.5. The van der Waals surface area contributed by atoms with Gasteiger partial charge in [0, 0.05) is 23.2 Å². The summed E-state index contributed by atoms with van der Waals surface area (Å²) in [5.41, 5.74) is 2.73. The van der Waals surface area contributed by atoms with Gasteiger partial charge in [-0.05, 0) is 35.9 Å². The largest absolute Gasteiger partial charge is 0.347 e. The van der Waals surface area contributed by atoms with Crippen LogP contribution in [-0.2, 0) is 6.54 Å². The third-order valence-electron chi connectivity index (χ3n) is 4.19. The van der Waals surface area contributed by atoms with E-state index >= 15 is 0 Å². The molecule has 1 amide bonds. The summed E-state index contributed by atoms with van der Waals surface area (Å²) in [4.78, 5) is 16.7. The van der Waals surface area contributed by atoms with E-state index in [1.165, 1.54) is 0 Å². The minimum Gasteiger partial charge on any atom is -0.347 e. The van der Waals surface area contributed by atoms with Gasteiger partial charge in [-0.3, -0.25) is 9.78 Å². The van der Waals surface area contributed by atoms with Crippen molar-refractivity contribution in [1.82, 2.24) is 20.5 Å². The summed E-state index contributed by atoms with van der Waals surface area (Å²) < 4.78 is 0. The van der Waals surface area contributed by atoms with Crippen LogP contribution in [-0.4, -0.2) is 21.1 Å². The van der Waals surface area contributed by atoms with Gasteiger partial charge >= 0.3 is 0 Å².